The number of rotatable bonds is 6. The topological polar surface area (TPSA) is 100 Å². The number of likely N-dealkylation sites (tertiary alicyclic amines) is 1. The molecule has 4 rings (SSSR count). The Kier molecular flexibility index (Phi) is 5.49. The molecule has 1 fully saturated rings. The number of amides is 1. The minimum atomic E-state index is -0.895. The van der Waals surface area contributed by atoms with Crippen LogP contribution in [0.15, 0.2) is 76.9 Å². The molecule has 1 aliphatic rings. The Hall–Kier alpha value is -4.00. The largest absolute Gasteiger partial charge is 0.508 e. The Bertz CT molecular complexity index is 1150. The Morgan fingerprint density at radius 1 is 1.10 bits per heavy atom. The average Bonchev–Trinajstić information content (AvgIpc) is 3.36. The summed E-state index contributed by atoms with van der Waals surface area (Å²) in [6, 6.07) is 15.4. The van der Waals surface area contributed by atoms with Gasteiger partial charge in [-0.25, -0.2) is 0 Å². The zero-order valence-corrected chi connectivity index (χ0v) is 16.8. The molecule has 7 heteroatoms. The van der Waals surface area contributed by atoms with Gasteiger partial charge in [0.05, 0.1) is 31.0 Å². The molecule has 1 saturated heterocycles. The van der Waals surface area contributed by atoms with Crippen molar-refractivity contribution in [3.8, 4) is 11.5 Å². The molecule has 2 aromatic carbocycles. The number of carbonyl (C=O) groups is 2. The molecule has 1 aromatic heterocycles. The number of Topliss-reactive ketones (excluding diaryl/α,β-unsaturated/α-hetero) is 1. The van der Waals surface area contributed by atoms with Gasteiger partial charge in [0.2, 0.25) is 0 Å². The average molecular weight is 419 g/mol. The van der Waals surface area contributed by atoms with Crippen molar-refractivity contribution < 1.29 is 29.0 Å². The monoisotopic (exact) mass is 419 g/mol. The number of aromatic hydroxyl groups is 1. The molecule has 0 radical (unpaired) electrons. The lowest BCUT2D eigenvalue weighted by atomic mass is 9.95. The highest BCUT2D eigenvalue weighted by Crippen LogP contribution is 2.41. The first-order chi connectivity index (χ1) is 15.0. The summed E-state index contributed by atoms with van der Waals surface area (Å²) in [6.45, 7) is 2.32. The lowest BCUT2D eigenvalue weighted by Crippen LogP contribution is -2.29. The second-order valence-corrected chi connectivity index (χ2v) is 7.06. The third kappa shape index (κ3) is 3.90. The van der Waals surface area contributed by atoms with Crippen LogP contribution in [0.5, 0.6) is 11.5 Å². The Morgan fingerprint density at radius 2 is 1.90 bits per heavy atom. The van der Waals surface area contributed by atoms with E-state index in [1.54, 1.807) is 48.5 Å². The summed E-state index contributed by atoms with van der Waals surface area (Å²) in [5.74, 6) is -0.864. The first-order valence-corrected chi connectivity index (χ1v) is 9.82. The number of carbonyl (C=O) groups excluding carboxylic acids is 2. The maximum Gasteiger partial charge on any atom is 0.296 e. The molecule has 1 atom stereocenters. The summed E-state index contributed by atoms with van der Waals surface area (Å²) < 4.78 is 10.8. The molecule has 31 heavy (non-hydrogen) atoms. The van der Waals surface area contributed by atoms with Gasteiger partial charge in [0.25, 0.3) is 11.7 Å². The fourth-order valence-corrected chi connectivity index (χ4v) is 3.71. The number of hydrogen-bond acceptors (Lipinski definition) is 6. The zero-order valence-electron chi connectivity index (χ0n) is 16.8. The van der Waals surface area contributed by atoms with Gasteiger partial charge >= 0.3 is 0 Å². The first-order valence-electron chi connectivity index (χ1n) is 9.82. The lowest BCUT2D eigenvalue weighted by Gasteiger charge is -2.24. The third-order valence-electron chi connectivity index (χ3n) is 5.05. The Morgan fingerprint density at radius 3 is 2.61 bits per heavy atom. The van der Waals surface area contributed by atoms with Crippen molar-refractivity contribution in [2.24, 2.45) is 0 Å². The molecule has 158 valence electrons. The van der Waals surface area contributed by atoms with E-state index in [-0.39, 0.29) is 23.6 Å². The number of furan rings is 1. The molecular weight excluding hydrogens is 398 g/mol. The molecular formula is C24H21NO6. The number of nitrogens with zero attached hydrogens (tertiary/aromatic N) is 1. The molecule has 1 unspecified atom stereocenters. The van der Waals surface area contributed by atoms with Crippen LogP contribution in [0.2, 0.25) is 0 Å². The van der Waals surface area contributed by atoms with Crippen molar-refractivity contribution in [1.82, 2.24) is 4.90 Å². The molecule has 0 bridgehead atoms. The normalized spacial score (nSPS) is 17.8. The van der Waals surface area contributed by atoms with Gasteiger partial charge in [-0.3, -0.25) is 9.59 Å². The third-order valence-corrected chi connectivity index (χ3v) is 5.05. The molecule has 0 aliphatic carbocycles. The van der Waals surface area contributed by atoms with E-state index in [1.165, 1.54) is 23.3 Å². The van der Waals surface area contributed by atoms with Gasteiger partial charge in [0.1, 0.15) is 23.0 Å². The van der Waals surface area contributed by atoms with E-state index in [0.717, 1.165) is 0 Å². The predicted molar refractivity (Wildman–Crippen MR) is 112 cm³/mol. The van der Waals surface area contributed by atoms with Crippen molar-refractivity contribution in [3.05, 3.63) is 89.4 Å². The number of benzene rings is 2. The molecule has 0 spiro atoms. The highest BCUT2D eigenvalue weighted by atomic mass is 16.5. The molecule has 1 aliphatic heterocycles. The molecule has 7 nitrogen and oxygen atoms in total. The molecule has 2 heterocycles. The standard InChI is InChI=1S/C24H21NO6/c1-2-30-18-9-4-7-16(13-18)22(27)20-21(15-6-3-8-17(26)12-15)25(24(29)23(20)28)14-19-10-5-11-31-19/h3-13,21,26-27H,2,14H2,1H3/b22-20-. The highest BCUT2D eigenvalue weighted by molar-refractivity contribution is 6.46. The quantitative estimate of drug-likeness (QED) is 0.356. The van der Waals surface area contributed by atoms with Crippen LogP contribution in [0.25, 0.3) is 5.76 Å². The van der Waals surface area contributed by atoms with Gasteiger partial charge in [0.15, 0.2) is 0 Å². The van der Waals surface area contributed by atoms with Crippen LogP contribution in [0.1, 0.15) is 29.9 Å². The minimum Gasteiger partial charge on any atom is -0.508 e. The van der Waals surface area contributed by atoms with E-state index in [1.807, 2.05) is 6.92 Å². The van der Waals surface area contributed by atoms with Gasteiger partial charge in [-0.15, -0.1) is 0 Å². The number of hydrogen-bond donors (Lipinski definition) is 2. The van der Waals surface area contributed by atoms with Crippen LogP contribution in [0, 0.1) is 0 Å². The summed E-state index contributed by atoms with van der Waals surface area (Å²) in [5, 5.41) is 21.1. The van der Waals surface area contributed by atoms with E-state index < -0.39 is 17.7 Å². The lowest BCUT2D eigenvalue weighted by molar-refractivity contribution is -0.140. The van der Waals surface area contributed by atoms with Crippen molar-refractivity contribution in [2.75, 3.05) is 6.61 Å². The summed E-state index contributed by atoms with van der Waals surface area (Å²) >= 11 is 0. The fraction of sp³-hybridized carbons (Fsp3) is 0.167. The van der Waals surface area contributed by atoms with Crippen LogP contribution >= 0.6 is 0 Å². The molecule has 3 aromatic rings. The van der Waals surface area contributed by atoms with Gasteiger partial charge in [-0.2, -0.15) is 0 Å². The van der Waals surface area contributed by atoms with E-state index in [2.05, 4.69) is 0 Å². The van der Waals surface area contributed by atoms with Crippen molar-refractivity contribution >= 4 is 17.4 Å². The SMILES string of the molecule is CCOc1cccc(/C(O)=C2/C(=O)C(=O)N(Cc3ccco3)C2c2cccc(O)c2)c1. The number of phenols is 1. The number of phenolic OH excluding ortho intramolecular Hbond substituents is 1. The smallest absolute Gasteiger partial charge is 0.296 e. The van der Waals surface area contributed by atoms with E-state index in [0.29, 0.717) is 29.2 Å². The number of ether oxygens (including phenoxy) is 1. The van der Waals surface area contributed by atoms with Crippen LogP contribution in [0.4, 0.5) is 0 Å². The summed E-state index contributed by atoms with van der Waals surface area (Å²) in [7, 11) is 0. The van der Waals surface area contributed by atoms with Gasteiger partial charge in [-0.05, 0) is 48.9 Å². The summed E-state index contributed by atoms with van der Waals surface area (Å²) in [4.78, 5) is 27.3. The maximum atomic E-state index is 13.0. The fourth-order valence-electron chi connectivity index (χ4n) is 3.71. The van der Waals surface area contributed by atoms with Crippen molar-refractivity contribution in [3.63, 3.8) is 0 Å². The van der Waals surface area contributed by atoms with Gasteiger partial charge < -0.3 is 24.3 Å². The highest BCUT2D eigenvalue weighted by Gasteiger charge is 2.46. The second kappa shape index (κ2) is 8.39. The summed E-state index contributed by atoms with van der Waals surface area (Å²) in [6.07, 6.45) is 1.48. The first kappa shape index (κ1) is 20.3. The van der Waals surface area contributed by atoms with Crippen LogP contribution in [-0.2, 0) is 16.1 Å². The van der Waals surface area contributed by atoms with Gasteiger partial charge in [-0.1, -0.05) is 24.3 Å². The van der Waals surface area contributed by atoms with E-state index in [4.69, 9.17) is 9.15 Å². The van der Waals surface area contributed by atoms with E-state index >= 15 is 0 Å². The number of ketones is 1. The Labute approximate surface area is 178 Å². The van der Waals surface area contributed by atoms with Crippen molar-refractivity contribution in [2.45, 2.75) is 19.5 Å². The molecule has 2 N–H and O–H groups in total. The van der Waals surface area contributed by atoms with Gasteiger partial charge in [0, 0.05) is 5.56 Å². The number of aliphatic hydroxyl groups excluding tert-OH is 1. The second-order valence-electron chi connectivity index (χ2n) is 7.06. The Balaban J connectivity index is 1.86. The predicted octanol–water partition coefficient (Wildman–Crippen LogP) is 4.01. The van der Waals surface area contributed by atoms with Crippen LogP contribution in [-0.4, -0.2) is 33.4 Å². The maximum absolute atomic E-state index is 13.0. The van der Waals surface area contributed by atoms with Crippen molar-refractivity contribution in [1.29, 1.82) is 0 Å². The van der Waals surface area contributed by atoms with Crippen LogP contribution in [0.3, 0.4) is 0 Å². The zero-order chi connectivity index (χ0) is 22.0. The van der Waals surface area contributed by atoms with E-state index in [9.17, 15) is 19.8 Å². The number of aliphatic hydroxyl groups is 1. The minimum absolute atomic E-state index is 0.0144. The molecule has 1 amide bonds. The summed E-state index contributed by atoms with van der Waals surface area (Å²) in [5.41, 5.74) is 0.788. The molecule has 0 saturated carbocycles. The van der Waals surface area contributed by atoms with Crippen LogP contribution < -0.4 is 4.74 Å².